The average Bonchev–Trinajstić information content (AvgIpc) is 3.17. The predicted octanol–water partition coefficient (Wildman–Crippen LogP) is 2.29. The third-order valence-corrected chi connectivity index (χ3v) is 4.70. The smallest absolute Gasteiger partial charge is 0.251 e. The molecule has 26 heavy (non-hydrogen) atoms. The highest BCUT2D eigenvalue weighted by Crippen LogP contribution is 2.22. The molecule has 2 aromatic heterocycles. The number of nitrogens with zero attached hydrogens (tertiary/aromatic N) is 2. The Bertz CT molecular complexity index is 882. The molecule has 0 radical (unpaired) electrons. The second-order valence-electron chi connectivity index (χ2n) is 6.43. The van der Waals surface area contributed by atoms with Crippen LogP contribution in [0.5, 0.6) is 0 Å². The van der Waals surface area contributed by atoms with Crippen LogP contribution in [0.25, 0.3) is 22.2 Å². The Balaban J connectivity index is 1.36. The summed E-state index contributed by atoms with van der Waals surface area (Å²) in [6, 6.07) is 11.7. The lowest BCUT2D eigenvalue weighted by Crippen LogP contribution is -2.41. The van der Waals surface area contributed by atoms with Gasteiger partial charge in [0.15, 0.2) is 0 Å². The number of amides is 1. The fourth-order valence-corrected chi connectivity index (χ4v) is 3.17. The van der Waals surface area contributed by atoms with Crippen molar-refractivity contribution in [2.24, 2.45) is 0 Å². The summed E-state index contributed by atoms with van der Waals surface area (Å²) in [5.41, 5.74) is 3.64. The number of pyridine rings is 1. The Labute approximate surface area is 152 Å². The zero-order valence-corrected chi connectivity index (χ0v) is 14.6. The monoisotopic (exact) mass is 350 g/mol. The Kier molecular flexibility index (Phi) is 4.95. The molecule has 134 valence electrons. The molecule has 1 fully saturated rings. The minimum absolute atomic E-state index is 0.0379. The first-order chi connectivity index (χ1) is 12.8. The maximum Gasteiger partial charge on any atom is 0.251 e. The summed E-state index contributed by atoms with van der Waals surface area (Å²) in [5, 5.41) is 4.06. The molecular weight excluding hydrogens is 328 g/mol. The second kappa shape index (κ2) is 7.68. The minimum Gasteiger partial charge on any atom is -0.379 e. The summed E-state index contributed by atoms with van der Waals surface area (Å²) in [5.74, 6) is -0.0379. The quantitative estimate of drug-likeness (QED) is 0.741. The van der Waals surface area contributed by atoms with Crippen molar-refractivity contribution in [2.45, 2.75) is 0 Å². The van der Waals surface area contributed by atoms with Crippen LogP contribution in [0.3, 0.4) is 0 Å². The number of benzene rings is 1. The molecule has 6 nitrogen and oxygen atoms in total. The molecule has 0 atom stereocenters. The number of nitrogens with one attached hydrogen (secondary N) is 2. The second-order valence-corrected chi connectivity index (χ2v) is 6.43. The van der Waals surface area contributed by atoms with Crippen LogP contribution in [-0.4, -0.2) is 60.2 Å². The number of H-pyrrole nitrogens is 1. The topological polar surface area (TPSA) is 70.2 Å². The molecule has 3 heterocycles. The van der Waals surface area contributed by atoms with Gasteiger partial charge in [0.25, 0.3) is 5.91 Å². The molecule has 1 saturated heterocycles. The van der Waals surface area contributed by atoms with Crippen molar-refractivity contribution in [1.82, 2.24) is 20.2 Å². The zero-order chi connectivity index (χ0) is 17.8. The van der Waals surface area contributed by atoms with E-state index in [0.717, 1.165) is 55.0 Å². The van der Waals surface area contributed by atoms with Crippen molar-refractivity contribution < 1.29 is 9.53 Å². The van der Waals surface area contributed by atoms with E-state index in [2.05, 4.69) is 26.3 Å². The van der Waals surface area contributed by atoms with E-state index < -0.39 is 0 Å². The maximum atomic E-state index is 12.3. The first-order valence-corrected chi connectivity index (χ1v) is 8.91. The first-order valence-electron chi connectivity index (χ1n) is 8.91. The number of morpholine rings is 1. The molecule has 0 unspecified atom stereocenters. The van der Waals surface area contributed by atoms with Crippen molar-refractivity contribution in [1.29, 1.82) is 0 Å². The van der Waals surface area contributed by atoms with Gasteiger partial charge < -0.3 is 15.0 Å². The van der Waals surface area contributed by atoms with Gasteiger partial charge in [0.2, 0.25) is 0 Å². The number of hydrogen-bond donors (Lipinski definition) is 2. The summed E-state index contributed by atoms with van der Waals surface area (Å²) in [6.07, 6.45) is 3.72. The van der Waals surface area contributed by atoms with Crippen LogP contribution in [0, 0.1) is 0 Å². The molecule has 2 N–H and O–H groups in total. The molecule has 0 saturated carbocycles. The molecule has 4 rings (SSSR count). The van der Waals surface area contributed by atoms with Gasteiger partial charge in [-0.2, -0.15) is 0 Å². The van der Waals surface area contributed by atoms with E-state index in [0.29, 0.717) is 12.1 Å². The number of rotatable bonds is 5. The van der Waals surface area contributed by atoms with E-state index in [9.17, 15) is 4.79 Å². The van der Waals surface area contributed by atoms with E-state index >= 15 is 0 Å². The molecule has 3 aromatic rings. The van der Waals surface area contributed by atoms with Gasteiger partial charge in [0.05, 0.1) is 13.2 Å². The maximum absolute atomic E-state index is 12.3. The van der Waals surface area contributed by atoms with Crippen LogP contribution >= 0.6 is 0 Å². The minimum atomic E-state index is -0.0379. The van der Waals surface area contributed by atoms with Gasteiger partial charge in [0, 0.05) is 55.1 Å². The molecule has 1 aliphatic heterocycles. The molecule has 1 aromatic carbocycles. The van der Waals surface area contributed by atoms with Crippen LogP contribution in [0.4, 0.5) is 0 Å². The molecule has 1 aliphatic rings. The van der Waals surface area contributed by atoms with E-state index in [-0.39, 0.29) is 5.91 Å². The Morgan fingerprint density at radius 3 is 2.77 bits per heavy atom. The van der Waals surface area contributed by atoms with Gasteiger partial charge in [-0.05, 0) is 29.8 Å². The molecule has 1 amide bonds. The standard InChI is InChI=1S/C20H22N4O2/c25-20(22-7-8-24-9-11-26-12-10-24)16-3-1-15(2-4-16)18-13-17-5-6-21-19(17)23-14-18/h1-6,13-14H,7-12H2,(H,21,23)(H,22,25). The molecule has 0 aliphatic carbocycles. The number of aromatic amines is 1. The molecule has 6 heteroatoms. The summed E-state index contributed by atoms with van der Waals surface area (Å²) in [6.45, 7) is 4.93. The zero-order valence-electron chi connectivity index (χ0n) is 14.6. The van der Waals surface area contributed by atoms with Crippen molar-refractivity contribution in [3.63, 3.8) is 0 Å². The fraction of sp³-hybridized carbons (Fsp3) is 0.300. The Morgan fingerprint density at radius 2 is 1.96 bits per heavy atom. The van der Waals surface area contributed by atoms with E-state index in [4.69, 9.17) is 4.74 Å². The Hall–Kier alpha value is -2.70. The third kappa shape index (κ3) is 3.76. The highest BCUT2D eigenvalue weighted by atomic mass is 16.5. The molecule has 0 spiro atoms. The number of hydrogen-bond acceptors (Lipinski definition) is 4. The van der Waals surface area contributed by atoms with Crippen LogP contribution in [-0.2, 0) is 4.74 Å². The number of ether oxygens (including phenoxy) is 1. The largest absolute Gasteiger partial charge is 0.379 e. The van der Waals surface area contributed by atoms with Crippen molar-refractivity contribution in [3.05, 3.63) is 54.4 Å². The average molecular weight is 350 g/mol. The third-order valence-electron chi connectivity index (χ3n) is 4.70. The number of carbonyl (C=O) groups excluding carboxylic acids is 1. The van der Waals surface area contributed by atoms with Gasteiger partial charge in [-0.3, -0.25) is 9.69 Å². The SMILES string of the molecule is O=C(NCCN1CCOCC1)c1ccc(-c2cnc3[nH]ccc3c2)cc1. The molecular formula is C20H22N4O2. The van der Waals surface area contributed by atoms with Crippen molar-refractivity contribution in [2.75, 3.05) is 39.4 Å². The lowest BCUT2D eigenvalue weighted by Gasteiger charge is -2.26. The van der Waals surface area contributed by atoms with Gasteiger partial charge in [-0.15, -0.1) is 0 Å². The summed E-state index contributed by atoms with van der Waals surface area (Å²) in [7, 11) is 0. The normalized spacial score (nSPS) is 15.2. The van der Waals surface area contributed by atoms with Crippen LogP contribution in [0.1, 0.15) is 10.4 Å². The highest BCUT2D eigenvalue weighted by molar-refractivity contribution is 5.94. The lowest BCUT2D eigenvalue weighted by atomic mass is 10.0. The van der Waals surface area contributed by atoms with E-state index in [1.807, 2.05) is 42.7 Å². The Morgan fingerprint density at radius 1 is 1.15 bits per heavy atom. The number of carbonyl (C=O) groups is 1. The van der Waals surface area contributed by atoms with Crippen molar-refractivity contribution in [3.8, 4) is 11.1 Å². The van der Waals surface area contributed by atoms with Crippen molar-refractivity contribution >= 4 is 16.9 Å². The summed E-state index contributed by atoms with van der Waals surface area (Å²) in [4.78, 5) is 22.1. The highest BCUT2D eigenvalue weighted by Gasteiger charge is 2.11. The van der Waals surface area contributed by atoms with Gasteiger partial charge in [-0.25, -0.2) is 4.98 Å². The van der Waals surface area contributed by atoms with Gasteiger partial charge in [0.1, 0.15) is 5.65 Å². The lowest BCUT2D eigenvalue weighted by molar-refractivity contribution is 0.0383. The van der Waals surface area contributed by atoms with Gasteiger partial charge in [-0.1, -0.05) is 12.1 Å². The van der Waals surface area contributed by atoms with Crippen LogP contribution < -0.4 is 5.32 Å². The number of aromatic nitrogens is 2. The van der Waals surface area contributed by atoms with E-state index in [1.165, 1.54) is 0 Å². The number of fused-ring (bicyclic) bond motifs is 1. The van der Waals surface area contributed by atoms with Crippen LogP contribution in [0.2, 0.25) is 0 Å². The molecule has 0 bridgehead atoms. The first kappa shape index (κ1) is 16.8. The summed E-state index contributed by atoms with van der Waals surface area (Å²) >= 11 is 0. The fourth-order valence-electron chi connectivity index (χ4n) is 3.17. The van der Waals surface area contributed by atoms with Crippen LogP contribution in [0.15, 0.2) is 48.8 Å². The van der Waals surface area contributed by atoms with E-state index in [1.54, 1.807) is 0 Å². The van der Waals surface area contributed by atoms with Gasteiger partial charge >= 0.3 is 0 Å². The predicted molar refractivity (Wildman–Crippen MR) is 101 cm³/mol. The summed E-state index contributed by atoms with van der Waals surface area (Å²) < 4.78 is 5.33.